The molecule has 4 amide bonds. The SMILES string of the molecule is CC(C)[C@H](C(=O)OCC(=O)Nc1ccccc1C(F)(F)F)N1C(=O)c2ccc(C(=O)OCC(=O)Nc3ccccc3C(F)(F)F)cc2C1=O. The van der Waals surface area contributed by atoms with Crippen LogP contribution in [0.5, 0.6) is 0 Å². The normalized spacial score (nSPS) is 13.5. The third kappa shape index (κ3) is 8.22. The molecular formula is C32H25F6N3O8. The van der Waals surface area contributed by atoms with E-state index in [9.17, 15) is 55.1 Å². The van der Waals surface area contributed by atoms with Crippen LogP contribution in [-0.4, -0.2) is 59.7 Å². The average molecular weight is 694 g/mol. The summed E-state index contributed by atoms with van der Waals surface area (Å²) >= 11 is 0. The van der Waals surface area contributed by atoms with E-state index in [0.29, 0.717) is 4.90 Å². The van der Waals surface area contributed by atoms with Crippen LogP contribution in [0.1, 0.15) is 56.0 Å². The lowest BCUT2D eigenvalue weighted by Gasteiger charge is -2.27. The molecular weight excluding hydrogens is 668 g/mol. The number of alkyl halides is 6. The van der Waals surface area contributed by atoms with Crippen molar-refractivity contribution in [1.29, 1.82) is 0 Å². The second-order valence-electron chi connectivity index (χ2n) is 10.8. The summed E-state index contributed by atoms with van der Waals surface area (Å²) in [5, 5.41) is 4.00. The number of hydrogen-bond acceptors (Lipinski definition) is 8. The van der Waals surface area contributed by atoms with Gasteiger partial charge in [-0.05, 0) is 48.4 Å². The predicted molar refractivity (Wildman–Crippen MR) is 157 cm³/mol. The molecule has 4 rings (SSSR count). The Balaban J connectivity index is 1.41. The van der Waals surface area contributed by atoms with E-state index in [1.807, 2.05) is 10.6 Å². The van der Waals surface area contributed by atoms with Gasteiger partial charge in [-0.1, -0.05) is 38.1 Å². The molecule has 0 unspecified atom stereocenters. The lowest BCUT2D eigenvalue weighted by molar-refractivity contribution is -0.152. The molecule has 49 heavy (non-hydrogen) atoms. The number of ether oxygens (including phenoxy) is 2. The highest BCUT2D eigenvalue weighted by Gasteiger charge is 2.45. The van der Waals surface area contributed by atoms with E-state index >= 15 is 0 Å². The molecule has 0 radical (unpaired) electrons. The van der Waals surface area contributed by atoms with Crippen LogP contribution < -0.4 is 10.6 Å². The minimum Gasteiger partial charge on any atom is -0.454 e. The first-order chi connectivity index (χ1) is 22.9. The smallest absolute Gasteiger partial charge is 0.418 e. The molecule has 3 aromatic carbocycles. The van der Waals surface area contributed by atoms with Crippen LogP contribution in [0.4, 0.5) is 37.7 Å². The monoisotopic (exact) mass is 693 g/mol. The number of fused-ring (bicyclic) bond motifs is 1. The summed E-state index contributed by atoms with van der Waals surface area (Å²) in [4.78, 5) is 77.3. The summed E-state index contributed by atoms with van der Waals surface area (Å²) in [5.74, 6) is -7.39. The van der Waals surface area contributed by atoms with Crippen molar-refractivity contribution in [3.05, 3.63) is 94.5 Å². The highest BCUT2D eigenvalue weighted by atomic mass is 19.4. The van der Waals surface area contributed by atoms with Gasteiger partial charge in [0, 0.05) is 0 Å². The lowest BCUT2D eigenvalue weighted by atomic mass is 10.0. The fourth-order valence-corrected chi connectivity index (χ4v) is 4.80. The lowest BCUT2D eigenvalue weighted by Crippen LogP contribution is -2.49. The number of imide groups is 1. The average Bonchev–Trinajstić information content (AvgIpc) is 3.26. The zero-order valence-electron chi connectivity index (χ0n) is 25.4. The molecule has 2 N–H and O–H groups in total. The van der Waals surface area contributed by atoms with Gasteiger partial charge in [-0.15, -0.1) is 0 Å². The number of nitrogens with one attached hydrogen (secondary N) is 2. The van der Waals surface area contributed by atoms with E-state index in [0.717, 1.165) is 54.6 Å². The molecule has 0 fully saturated rings. The van der Waals surface area contributed by atoms with Crippen LogP contribution in [0.25, 0.3) is 0 Å². The second kappa shape index (κ2) is 14.2. The van der Waals surface area contributed by atoms with Crippen molar-refractivity contribution in [3.63, 3.8) is 0 Å². The molecule has 0 aromatic heterocycles. The Morgan fingerprint density at radius 1 is 0.694 bits per heavy atom. The molecule has 11 nitrogen and oxygen atoms in total. The van der Waals surface area contributed by atoms with Gasteiger partial charge in [0.1, 0.15) is 6.04 Å². The minimum atomic E-state index is -4.79. The molecule has 1 heterocycles. The van der Waals surface area contributed by atoms with Crippen molar-refractivity contribution in [2.75, 3.05) is 23.8 Å². The van der Waals surface area contributed by atoms with Crippen LogP contribution in [0.15, 0.2) is 66.7 Å². The molecule has 0 aliphatic carbocycles. The van der Waals surface area contributed by atoms with Crippen LogP contribution in [0.3, 0.4) is 0 Å². The zero-order chi connectivity index (χ0) is 36.3. The van der Waals surface area contributed by atoms with Crippen LogP contribution >= 0.6 is 0 Å². The quantitative estimate of drug-likeness (QED) is 0.165. The Kier molecular flexibility index (Phi) is 10.4. The van der Waals surface area contributed by atoms with E-state index in [-0.39, 0.29) is 16.7 Å². The van der Waals surface area contributed by atoms with Gasteiger partial charge >= 0.3 is 24.3 Å². The number of esters is 2. The van der Waals surface area contributed by atoms with Crippen molar-refractivity contribution in [2.24, 2.45) is 5.92 Å². The number of amides is 4. The van der Waals surface area contributed by atoms with Crippen LogP contribution in [0.2, 0.25) is 0 Å². The van der Waals surface area contributed by atoms with Gasteiger partial charge in [-0.2, -0.15) is 26.3 Å². The number of para-hydroxylation sites is 2. The van der Waals surface area contributed by atoms with Crippen molar-refractivity contribution < 1.29 is 64.6 Å². The Bertz CT molecular complexity index is 1820. The van der Waals surface area contributed by atoms with E-state index in [2.05, 4.69) is 0 Å². The number of benzene rings is 3. The first kappa shape index (κ1) is 36.1. The number of carbonyl (C=O) groups is 6. The van der Waals surface area contributed by atoms with Crippen LogP contribution in [-0.2, 0) is 36.2 Å². The Morgan fingerprint density at radius 3 is 1.65 bits per heavy atom. The largest absolute Gasteiger partial charge is 0.454 e. The Hall–Kier alpha value is -5.74. The number of halogens is 6. The molecule has 0 saturated heterocycles. The van der Waals surface area contributed by atoms with Crippen molar-refractivity contribution >= 4 is 46.9 Å². The van der Waals surface area contributed by atoms with Crippen molar-refractivity contribution in [2.45, 2.75) is 32.2 Å². The van der Waals surface area contributed by atoms with E-state index < -0.39 is 95.6 Å². The fourth-order valence-electron chi connectivity index (χ4n) is 4.80. The zero-order valence-corrected chi connectivity index (χ0v) is 25.4. The third-order valence-corrected chi connectivity index (χ3v) is 7.00. The number of hydrogen-bond donors (Lipinski definition) is 2. The highest BCUT2D eigenvalue weighted by molar-refractivity contribution is 6.23. The van der Waals surface area contributed by atoms with Crippen molar-refractivity contribution in [1.82, 2.24) is 4.90 Å². The molecule has 17 heteroatoms. The van der Waals surface area contributed by atoms with E-state index in [1.165, 1.54) is 26.0 Å². The van der Waals surface area contributed by atoms with Crippen LogP contribution in [0, 0.1) is 5.92 Å². The first-order valence-electron chi connectivity index (χ1n) is 14.2. The van der Waals surface area contributed by atoms with Gasteiger partial charge in [0.15, 0.2) is 13.2 Å². The molecule has 3 aromatic rings. The van der Waals surface area contributed by atoms with E-state index in [4.69, 9.17) is 9.47 Å². The molecule has 0 bridgehead atoms. The first-order valence-corrected chi connectivity index (χ1v) is 14.2. The van der Waals surface area contributed by atoms with Gasteiger partial charge in [0.05, 0.1) is 39.2 Å². The standard InChI is InChI=1S/C32H25F6N3O8/c1-16(2)26(30(47)49-15-25(43)40-23-10-6-4-8-21(23)32(36,37)38)41-27(44)18-12-11-17(13-19(18)28(41)45)29(46)48-14-24(42)39-22-9-5-3-7-20(22)31(33,34)35/h3-13,16,26H,14-15H2,1-2H3,(H,39,42)(H,40,43)/t26-/m1/s1. The summed E-state index contributed by atoms with van der Waals surface area (Å²) < 4.78 is 89.1. The number of anilines is 2. The summed E-state index contributed by atoms with van der Waals surface area (Å²) in [6, 6.07) is 9.75. The number of nitrogens with zero attached hydrogens (tertiary/aromatic N) is 1. The maximum Gasteiger partial charge on any atom is 0.418 e. The summed E-state index contributed by atoms with van der Waals surface area (Å²) in [5.41, 5.74) is -4.28. The van der Waals surface area contributed by atoms with Gasteiger partial charge in [0.25, 0.3) is 23.6 Å². The molecule has 1 aliphatic heterocycles. The molecule has 1 aliphatic rings. The third-order valence-electron chi connectivity index (χ3n) is 7.00. The maximum absolute atomic E-state index is 13.3. The van der Waals surface area contributed by atoms with Gasteiger partial charge in [-0.3, -0.25) is 24.1 Å². The molecule has 258 valence electrons. The Labute approximate surface area is 273 Å². The maximum atomic E-state index is 13.3. The summed E-state index contributed by atoms with van der Waals surface area (Å²) in [7, 11) is 0. The Morgan fingerprint density at radius 2 is 1.16 bits per heavy atom. The topological polar surface area (TPSA) is 148 Å². The van der Waals surface area contributed by atoms with Gasteiger partial charge in [0.2, 0.25) is 0 Å². The summed E-state index contributed by atoms with van der Waals surface area (Å²) in [6.07, 6.45) is -9.55. The molecule has 1 atom stereocenters. The number of carbonyl (C=O) groups excluding carboxylic acids is 6. The van der Waals surface area contributed by atoms with Gasteiger partial charge < -0.3 is 20.1 Å². The predicted octanol–water partition coefficient (Wildman–Crippen LogP) is 5.32. The molecule has 0 saturated carbocycles. The fraction of sp³-hybridized carbons (Fsp3) is 0.250. The molecule has 0 spiro atoms. The number of rotatable bonds is 10. The van der Waals surface area contributed by atoms with Gasteiger partial charge in [-0.25, -0.2) is 9.59 Å². The second-order valence-corrected chi connectivity index (χ2v) is 10.8. The summed E-state index contributed by atoms with van der Waals surface area (Å²) in [6.45, 7) is 0.854. The highest BCUT2D eigenvalue weighted by Crippen LogP contribution is 2.36. The van der Waals surface area contributed by atoms with E-state index in [1.54, 1.807) is 0 Å². The van der Waals surface area contributed by atoms with Crippen molar-refractivity contribution in [3.8, 4) is 0 Å². The minimum absolute atomic E-state index is 0.219.